The molecular formula is C18H33N3. The molecule has 2 fully saturated rings. The second kappa shape index (κ2) is 7.61. The maximum atomic E-state index is 9.72. The first-order chi connectivity index (χ1) is 10.1. The summed E-state index contributed by atoms with van der Waals surface area (Å²) in [6, 6.07) is 3.41. The number of nitrogens with one attached hydrogen (secondary N) is 1. The van der Waals surface area contributed by atoms with E-state index in [1.54, 1.807) is 0 Å². The van der Waals surface area contributed by atoms with Crippen molar-refractivity contribution in [1.82, 2.24) is 10.2 Å². The van der Waals surface area contributed by atoms with E-state index in [4.69, 9.17) is 0 Å². The summed E-state index contributed by atoms with van der Waals surface area (Å²) in [6.07, 6.45) is 8.49. The summed E-state index contributed by atoms with van der Waals surface area (Å²) in [4.78, 5) is 2.69. The van der Waals surface area contributed by atoms with Gasteiger partial charge in [-0.25, -0.2) is 0 Å². The molecule has 0 amide bonds. The number of hydrogen-bond acceptors (Lipinski definition) is 3. The molecule has 1 heterocycles. The fourth-order valence-electron chi connectivity index (χ4n) is 4.44. The number of likely N-dealkylation sites (tertiary alicyclic amines) is 1. The van der Waals surface area contributed by atoms with E-state index in [1.807, 2.05) is 0 Å². The number of rotatable bonds is 7. The molecule has 0 aromatic carbocycles. The minimum absolute atomic E-state index is 0.233. The first-order valence-electron chi connectivity index (χ1n) is 9.03. The van der Waals surface area contributed by atoms with Gasteiger partial charge < -0.3 is 4.90 Å². The van der Waals surface area contributed by atoms with Crippen LogP contribution in [-0.4, -0.2) is 36.1 Å². The molecule has 1 aliphatic carbocycles. The van der Waals surface area contributed by atoms with Crippen molar-refractivity contribution in [2.24, 2.45) is 11.8 Å². The van der Waals surface area contributed by atoms with Crippen LogP contribution in [0.4, 0.5) is 0 Å². The van der Waals surface area contributed by atoms with Crippen molar-refractivity contribution in [3.8, 4) is 6.07 Å². The van der Waals surface area contributed by atoms with Gasteiger partial charge in [-0.3, -0.25) is 5.32 Å². The van der Waals surface area contributed by atoms with Crippen molar-refractivity contribution >= 4 is 0 Å². The van der Waals surface area contributed by atoms with E-state index >= 15 is 0 Å². The standard InChI is InChI=1S/C18H33N3/c1-4-11-20-18(14-19)10-5-7-16(18)9-13-21-12-6-8-17(21)15(2)3/h15-17,20H,4-13H2,1-3H3. The van der Waals surface area contributed by atoms with E-state index in [1.165, 1.54) is 45.2 Å². The summed E-state index contributed by atoms with van der Waals surface area (Å²) in [5, 5.41) is 13.3. The SMILES string of the molecule is CCCNC1(C#N)CCCC1CCN1CCCC1C(C)C. The van der Waals surface area contributed by atoms with Gasteiger partial charge in [-0.1, -0.05) is 27.2 Å². The first kappa shape index (κ1) is 16.8. The molecule has 1 saturated heterocycles. The Morgan fingerprint density at radius 3 is 2.81 bits per heavy atom. The Kier molecular flexibility index (Phi) is 6.08. The zero-order valence-corrected chi connectivity index (χ0v) is 14.2. The minimum atomic E-state index is -0.233. The average molecular weight is 291 g/mol. The van der Waals surface area contributed by atoms with Crippen LogP contribution in [0.1, 0.15) is 65.7 Å². The van der Waals surface area contributed by atoms with Crippen molar-refractivity contribution in [3.05, 3.63) is 0 Å². The molecule has 120 valence electrons. The number of nitriles is 1. The maximum Gasteiger partial charge on any atom is 0.109 e. The fraction of sp³-hybridized carbons (Fsp3) is 0.944. The first-order valence-corrected chi connectivity index (χ1v) is 9.03. The Morgan fingerprint density at radius 1 is 1.33 bits per heavy atom. The van der Waals surface area contributed by atoms with Crippen molar-refractivity contribution in [1.29, 1.82) is 5.26 Å². The molecule has 21 heavy (non-hydrogen) atoms. The average Bonchev–Trinajstić information content (AvgIpc) is 3.10. The van der Waals surface area contributed by atoms with Gasteiger partial charge >= 0.3 is 0 Å². The zero-order chi connectivity index (χ0) is 15.3. The lowest BCUT2D eigenvalue weighted by atomic mass is 9.85. The highest BCUT2D eigenvalue weighted by molar-refractivity contribution is 5.14. The Hall–Kier alpha value is -0.590. The molecule has 3 heteroatoms. The second-order valence-electron chi connectivity index (χ2n) is 7.38. The van der Waals surface area contributed by atoms with Gasteiger partial charge in [-0.15, -0.1) is 0 Å². The summed E-state index contributed by atoms with van der Waals surface area (Å²) >= 11 is 0. The normalized spacial score (nSPS) is 33.7. The molecular weight excluding hydrogens is 258 g/mol. The van der Waals surface area contributed by atoms with Gasteiger partial charge in [0.2, 0.25) is 0 Å². The Bertz CT molecular complexity index is 360. The molecule has 0 spiro atoms. The van der Waals surface area contributed by atoms with Crippen molar-refractivity contribution in [2.75, 3.05) is 19.6 Å². The number of nitrogens with zero attached hydrogens (tertiary/aromatic N) is 2. The van der Waals surface area contributed by atoms with Crippen LogP contribution >= 0.6 is 0 Å². The van der Waals surface area contributed by atoms with Crippen LogP contribution in [0.2, 0.25) is 0 Å². The largest absolute Gasteiger partial charge is 0.300 e. The summed E-state index contributed by atoms with van der Waals surface area (Å²) in [5.41, 5.74) is -0.233. The molecule has 3 unspecified atom stereocenters. The smallest absolute Gasteiger partial charge is 0.109 e. The molecule has 1 aliphatic heterocycles. The van der Waals surface area contributed by atoms with Crippen molar-refractivity contribution in [2.45, 2.75) is 77.3 Å². The van der Waals surface area contributed by atoms with E-state index in [0.29, 0.717) is 5.92 Å². The quantitative estimate of drug-likeness (QED) is 0.779. The molecule has 0 radical (unpaired) electrons. The molecule has 2 rings (SSSR count). The van der Waals surface area contributed by atoms with Gasteiger partial charge in [0, 0.05) is 6.04 Å². The third kappa shape index (κ3) is 3.79. The number of hydrogen-bond donors (Lipinski definition) is 1. The zero-order valence-electron chi connectivity index (χ0n) is 14.2. The molecule has 0 bridgehead atoms. The molecule has 1 saturated carbocycles. The van der Waals surface area contributed by atoms with Crippen LogP contribution in [0.5, 0.6) is 0 Å². The Balaban J connectivity index is 1.90. The van der Waals surface area contributed by atoms with E-state index in [0.717, 1.165) is 31.3 Å². The van der Waals surface area contributed by atoms with E-state index in [2.05, 4.69) is 37.1 Å². The van der Waals surface area contributed by atoms with Gasteiger partial charge in [0.05, 0.1) is 6.07 Å². The van der Waals surface area contributed by atoms with Gasteiger partial charge in [-0.05, 0) is 70.0 Å². The van der Waals surface area contributed by atoms with E-state index < -0.39 is 0 Å². The molecule has 0 aromatic rings. The molecule has 3 atom stereocenters. The third-order valence-corrected chi connectivity index (χ3v) is 5.66. The van der Waals surface area contributed by atoms with Crippen LogP contribution < -0.4 is 5.32 Å². The predicted molar refractivity (Wildman–Crippen MR) is 88.0 cm³/mol. The Labute approximate surface area is 131 Å². The molecule has 2 aliphatic rings. The lowest BCUT2D eigenvalue weighted by Crippen LogP contribution is -2.48. The monoisotopic (exact) mass is 291 g/mol. The highest BCUT2D eigenvalue weighted by Gasteiger charge is 2.42. The van der Waals surface area contributed by atoms with Crippen LogP contribution in [-0.2, 0) is 0 Å². The summed E-state index contributed by atoms with van der Waals surface area (Å²) in [7, 11) is 0. The predicted octanol–water partition coefficient (Wildman–Crippen LogP) is 3.56. The van der Waals surface area contributed by atoms with Crippen molar-refractivity contribution < 1.29 is 0 Å². The van der Waals surface area contributed by atoms with Crippen LogP contribution in [0.15, 0.2) is 0 Å². The Morgan fingerprint density at radius 2 is 2.14 bits per heavy atom. The summed E-state index contributed by atoms with van der Waals surface area (Å²) < 4.78 is 0. The molecule has 3 nitrogen and oxygen atoms in total. The summed E-state index contributed by atoms with van der Waals surface area (Å²) in [6.45, 7) is 10.3. The maximum absolute atomic E-state index is 9.72. The van der Waals surface area contributed by atoms with E-state index in [-0.39, 0.29) is 5.54 Å². The lowest BCUT2D eigenvalue weighted by Gasteiger charge is -2.33. The molecule has 0 aromatic heterocycles. The van der Waals surface area contributed by atoms with Crippen LogP contribution in [0.25, 0.3) is 0 Å². The second-order valence-corrected chi connectivity index (χ2v) is 7.38. The van der Waals surface area contributed by atoms with Crippen molar-refractivity contribution in [3.63, 3.8) is 0 Å². The van der Waals surface area contributed by atoms with Gasteiger partial charge in [0.15, 0.2) is 0 Å². The molecule has 1 N–H and O–H groups in total. The van der Waals surface area contributed by atoms with Gasteiger partial charge in [0.1, 0.15) is 5.54 Å². The van der Waals surface area contributed by atoms with Gasteiger partial charge in [-0.2, -0.15) is 5.26 Å². The fourth-order valence-corrected chi connectivity index (χ4v) is 4.44. The lowest BCUT2D eigenvalue weighted by molar-refractivity contribution is 0.180. The van der Waals surface area contributed by atoms with E-state index in [9.17, 15) is 5.26 Å². The van der Waals surface area contributed by atoms with Crippen LogP contribution in [0, 0.1) is 23.2 Å². The third-order valence-electron chi connectivity index (χ3n) is 5.66. The van der Waals surface area contributed by atoms with Gasteiger partial charge in [0.25, 0.3) is 0 Å². The minimum Gasteiger partial charge on any atom is -0.300 e. The highest BCUT2D eigenvalue weighted by Crippen LogP contribution is 2.38. The summed E-state index contributed by atoms with van der Waals surface area (Å²) in [5.74, 6) is 1.30. The van der Waals surface area contributed by atoms with Crippen LogP contribution in [0.3, 0.4) is 0 Å². The highest BCUT2D eigenvalue weighted by atomic mass is 15.2. The topological polar surface area (TPSA) is 39.1 Å².